The first kappa shape index (κ1) is 9.37. The lowest BCUT2D eigenvalue weighted by Gasteiger charge is -2.26. The molecule has 0 N–H and O–H groups in total. The Morgan fingerprint density at radius 1 is 1.20 bits per heavy atom. The topological polar surface area (TPSA) is 18.5 Å². The zero-order valence-corrected chi connectivity index (χ0v) is 8.98. The zero-order valence-electron chi connectivity index (χ0n) is 8.98. The first-order valence-electron chi connectivity index (χ1n) is 5.67. The number of benzene rings is 1. The predicted molar refractivity (Wildman–Crippen MR) is 57.4 cm³/mol. The number of fused-ring (bicyclic) bond motifs is 2. The normalized spacial score (nSPS) is 39.3. The van der Waals surface area contributed by atoms with Gasteiger partial charge in [0.1, 0.15) is 6.10 Å². The molecule has 0 aromatic heterocycles. The number of rotatable bonds is 1. The van der Waals surface area contributed by atoms with Crippen LogP contribution in [0.25, 0.3) is 0 Å². The lowest BCUT2D eigenvalue weighted by atomic mass is 9.99. The van der Waals surface area contributed by atoms with Gasteiger partial charge in [0.25, 0.3) is 0 Å². The maximum Gasteiger partial charge on any atom is 0.167 e. The van der Waals surface area contributed by atoms with Crippen LogP contribution >= 0.6 is 0 Å². The molecule has 2 aliphatic rings. The molecule has 2 heteroatoms. The van der Waals surface area contributed by atoms with Crippen molar-refractivity contribution in [2.75, 3.05) is 0 Å². The average Bonchev–Trinajstić information content (AvgIpc) is 2.50. The van der Waals surface area contributed by atoms with Gasteiger partial charge >= 0.3 is 0 Å². The van der Waals surface area contributed by atoms with Crippen LogP contribution in [0, 0.1) is 0 Å². The van der Waals surface area contributed by atoms with Crippen LogP contribution in [-0.4, -0.2) is 11.9 Å². The van der Waals surface area contributed by atoms with Crippen molar-refractivity contribution in [1.82, 2.24) is 0 Å². The van der Waals surface area contributed by atoms with Gasteiger partial charge in [-0.2, -0.15) is 0 Å². The van der Waals surface area contributed by atoms with Gasteiger partial charge in [0.05, 0.1) is 6.10 Å². The average molecular weight is 204 g/mol. The molecule has 0 unspecified atom stereocenters. The van der Waals surface area contributed by atoms with Crippen molar-refractivity contribution < 1.29 is 9.47 Å². The summed E-state index contributed by atoms with van der Waals surface area (Å²) in [5.41, 5.74) is 1.24. The molecule has 3 atom stereocenters. The molecule has 3 rings (SSSR count). The van der Waals surface area contributed by atoms with Crippen LogP contribution in [0.4, 0.5) is 0 Å². The molecule has 0 radical (unpaired) electrons. The van der Waals surface area contributed by atoms with Gasteiger partial charge < -0.3 is 9.47 Å². The molecule has 2 bridgehead atoms. The van der Waals surface area contributed by atoms with Crippen LogP contribution in [0.1, 0.15) is 37.9 Å². The van der Waals surface area contributed by atoms with Crippen molar-refractivity contribution in [3.8, 4) is 0 Å². The Morgan fingerprint density at radius 3 is 2.73 bits per heavy atom. The first-order chi connectivity index (χ1) is 7.27. The van der Waals surface area contributed by atoms with Gasteiger partial charge in [-0.15, -0.1) is 0 Å². The maximum atomic E-state index is 6.04. The zero-order chi connectivity index (χ0) is 10.3. The summed E-state index contributed by atoms with van der Waals surface area (Å²) in [6.45, 7) is 2.06. The minimum Gasteiger partial charge on any atom is -0.344 e. The Hall–Kier alpha value is -0.860. The Labute approximate surface area is 90.2 Å². The van der Waals surface area contributed by atoms with E-state index in [1.165, 1.54) is 12.0 Å². The summed E-state index contributed by atoms with van der Waals surface area (Å²) < 4.78 is 12.0. The van der Waals surface area contributed by atoms with Gasteiger partial charge in [-0.25, -0.2) is 0 Å². The minimum atomic E-state index is -0.330. The highest BCUT2D eigenvalue weighted by atomic mass is 16.8. The van der Waals surface area contributed by atoms with Crippen LogP contribution in [-0.2, 0) is 9.47 Å². The van der Waals surface area contributed by atoms with E-state index in [2.05, 4.69) is 31.2 Å². The number of ether oxygens (including phenoxy) is 2. The van der Waals surface area contributed by atoms with E-state index in [0.717, 1.165) is 12.8 Å². The third-order valence-electron chi connectivity index (χ3n) is 3.36. The molecule has 1 aromatic carbocycles. The van der Waals surface area contributed by atoms with Crippen LogP contribution in [0.3, 0.4) is 0 Å². The van der Waals surface area contributed by atoms with Crippen LogP contribution < -0.4 is 0 Å². The minimum absolute atomic E-state index is 0.138. The molecule has 0 saturated carbocycles. The predicted octanol–water partition coefficient (Wildman–Crippen LogP) is 3.04. The quantitative estimate of drug-likeness (QED) is 0.700. The Kier molecular flexibility index (Phi) is 2.08. The SMILES string of the molecule is C[C@]12CCC[C@H](O1)[C@@H](c1ccccc1)O2. The standard InChI is InChI=1S/C13H16O2/c1-13-9-5-8-11(14-13)12(15-13)10-6-3-2-4-7-10/h2-4,6-7,11-12H,5,8-9H2,1H3/t11-,12+,13-/m0/s1. The molecule has 80 valence electrons. The van der Waals surface area contributed by atoms with E-state index < -0.39 is 0 Å². The fourth-order valence-electron chi connectivity index (χ4n) is 2.63. The summed E-state index contributed by atoms with van der Waals surface area (Å²) >= 11 is 0. The van der Waals surface area contributed by atoms with E-state index in [-0.39, 0.29) is 18.0 Å². The van der Waals surface area contributed by atoms with E-state index in [1.54, 1.807) is 0 Å². The van der Waals surface area contributed by atoms with Gasteiger partial charge in [0, 0.05) is 6.42 Å². The third-order valence-corrected chi connectivity index (χ3v) is 3.36. The second-order valence-corrected chi connectivity index (χ2v) is 4.63. The van der Waals surface area contributed by atoms with Gasteiger partial charge in [0.2, 0.25) is 0 Å². The lowest BCUT2D eigenvalue weighted by molar-refractivity contribution is -0.179. The van der Waals surface area contributed by atoms with Crippen molar-refractivity contribution >= 4 is 0 Å². The molecule has 0 amide bonds. The van der Waals surface area contributed by atoms with Crippen molar-refractivity contribution in [3.63, 3.8) is 0 Å². The maximum absolute atomic E-state index is 6.04. The van der Waals surface area contributed by atoms with E-state index in [1.807, 2.05) is 6.07 Å². The van der Waals surface area contributed by atoms with E-state index in [0.29, 0.717) is 0 Å². The molecular formula is C13H16O2. The highest BCUT2D eigenvalue weighted by molar-refractivity contribution is 5.20. The molecule has 1 aromatic rings. The largest absolute Gasteiger partial charge is 0.344 e. The Balaban J connectivity index is 1.90. The number of hydrogen-bond donors (Lipinski definition) is 0. The van der Waals surface area contributed by atoms with Gasteiger partial charge in [0.15, 0.2) is 5.79 Å². The van der Waals surface area contributed by atoms with Crippen molar-refractivity contribution in [3.05, 3.63) is 35.9 Å². The van der Waals surface area contributed by atoms with Crippen molar-refractivity contribution in [1.29, 1.82) is 0 Å². The molecule has 2 heterocycles. The summed E-state index contributed by atoms with van der Waals surface area (Å²) in [6.07, 6.45) is 3.75. The monoisotopic (exact) mass is 204 g/mol. The smallest absolute Gasteiger partial charge is 0.167 e. The highest BCUT2D eigenvalue weighted by Gasteiger charge is 2.47. The highest BCUT2D eigenvalue weighted by Crippen LogP contribution is 2.46. The molecule has 0 aliphatic carbocycles. The second kappa shape index (κ2) is 3.32. The summed E-state index contributed by atoms with van der Waals surface area (Å²) in [5.74, 6) is -0.330. The van der Waals surface area contributed by atoms with Gasteiger partial charge in [-0.05, 0) is 25.3 Å². The van der Waals surface area contributed by atoms with Gasteiger partial charge in [-0.1, -0.05) is 30.3 Å². The third kappa shape index (κ3) is 1.58. The number of hydrogen-bond acceptors (Lipinski definition) is 2. The summed E-state index contributed by atoms with van der Waals surface area (Å²) in [7, 11) is 0. The molecule has 2 fully saturated rings. The van der Waals surface area contributed by atoms with Crippen LogP contribution in [0.5, 0.6) is 0 Å². The fourth-order valence-corrected chi connectivity index (χ4v) is 2.63. The van der Waals surface area contributed by atoms with E-state index in [9.17, 15) is 0 Å². The molecule has 2 saturated heterocycles. The van der Waals surface area contributed by atoms with E-state index >= 15 is 0 Å². The van der Waals surface area contributed by atoms with Crippen molar-refractivity contribution in [2.45, 2.75) is 44.2 Å². The first-order valence-corrected chi connectivity index (χ1v) is 5.67. The van der Waals surface area contributed by atoms with Gasteiger partial charge in [-0.3, -0.25) is 0 Å². The Morgan fingerprint density at radius 2 is 2.00 bits per heavy atom. The summed E-state index contributed by atoms with van der Waals surface area (Å²) in [4.78, 5) is 0. The molecule has 0 spiro atoms. The fraction of sp³-hybridized carbons (Fsp3) is 0.538. The Bertz CT molecular complexity index is 349. The van der Waals surface area contributed by atoms with Crippen LogP contribution in [0.15, 0.2) is 30.3 Å². The molecule has 2 nitrogen and oxygen atoms in total. The second-order valence-electron chi connectivity index (χ2n) is 4.63. The molecular weight excluding hydrogens is 188 g/mol. The molecule has 15 heavy (non-hydrogen) atoms. The van der Waals surface area contributed by atoms with E-state index in [4.69, 9.17) is 9.47 Å². The lowest BCUT2D eigenvalue weighted by Crippen LogP contribution is -2.30. The molecule has 2 aliphatic heterocycles. The summed E-state index contributed by atoms with van der Waals surface area (Å²) in [5, 5.41) is 0. The summed E-state index contributed by atoms with van der Waals surface area (Å²) in [6, 6.07) is 10.4. The van der Waals surface area contributed by atoms with Crippen LogP contribution in [0.2, 0.25) is 0 Å². The van der Waals surface area contributed by atoms with Crippen molar-refractivity contribution in [2.24, 2.45) is 0 Å².